The number of fused-ring (bicyclic) bond motifs is 1. The Balaban J connectivity index is 1.93. The Bertz CT molecular complexity index is 707. The van der Waals surface area contributed by atoms with Crippen molar-refractivity contribution in [3.63, 3.8) is 0 Å². The summed E-state index contributed by atoms with van der Waals surface area (Å²) in [7, 11) is 1.89. The van der Waals surface area contributed by atoms with E-state index in [9.17, 15) is 14.7 Å². The second kappa shape index (κ2) is 5.20. The maximum absolute atomic E-state index is 12.6. The number of aryl methyl sites for hydroxylation is 1. The highest BCUT2D eigenvalue weighted by atomic mass is 16.4. The summed E-state index contributed by atoms with van der Waals surface area (Å²) in [5.41, 5.74) is 2.18. The molecule has 3 rings (SSSR count). The molecule has 2 aromatic rings. The zero-order chi connectivity index (χ0) is 15.0. The topological polar surface area (TPSA) is 75.4 Å². The number of carbonyl (C=O) groups excluding carboxylic acids is 1. The average molecular weight is 287 g/mol. The van der Waals surface area contributed by atoms with Gasteiger partial charge in [0, 0.05) is 19.2 Å². The molecule has 1 fully saturated rings. The van der Waals surface area contributed by atoms with Crippen LogP contribution in [0.4, 0.5) is 0 Å². The van der Waals surface area contributed by atoms with Crippen molar-refractivity contribution in [2.24, 2.45) is 7.05 Å². The third kappa shape index (κ3) is 2.37. The van der Waals surface area contributed by atoms with Gasteiger partial charge in [-0.05, 0) is 37.5 Å². The Morgan fingerprint density at radius 1 is 1.33 bits per heavy atom. The molecule has 1 amide bonds. The normalized spacial score (nSPS) is 18.9. The van der Waals surface area contributed by atoms with Gasteiger partial charge >= 0.3 is 5.97 Å². The number of hydrogen-bond acceptors (Lipinski definition) is 3. The van der Waals surface area contributed by atoms with Gasteiger partial charge in [0.05, 0.1) is 17.4 Å². The lowest BCUT2D eigenvalue weighted by Crippen LogP contribution is -2.47. The highest BCUT2D eigenvalue weighted by molar-refractivity contribution is 5.99. The van der Waals surface area contributed by atoms with Crippen LogP contribution in [0.3, 0.4) is 0 Å². The molecule has 1 aliphatic heterocycles. The molecule has 6 heteroatoms. The van der Waals surface area contributed by atoms with Crippen LogP contribution >= 0.6 is 0 Å². The summed E-state index contributed by atoms with van der Waals surface area (Å²) in [6.45, 7) is 0.496. The number of likely N-dealkylation sites (tertiary alicyclic amines) is 1. The smallest absolute Gasteiger partial charge is 0.326 e. The molecule has 110 valence electrons. The fraction of sp³-hybridized carbons (Fsp3) is 0.400. The van der Waals surface area contributed by atoms with Crippen LogP contribution in [0, 0.1) is 0 Å². The van der Waals surface area contributed by atoms with Gasteiger partial charge in [0.25, 0.3) is 5.91 Å². The van der Waals surface area contributed by atoms with Gasteiger partial charge in [-0.2, -0.15) is 0 Å². The van der Waals surface area contributed by atoms with E-state index >= 15 is 0 Å². The molecule has 0 radical (unpaired) electrons. The molecule has 1 aromatic carbocycles. The van der Waals surface area contributed by atoms with Crippen molar-refractivity contribution in [1.29, 1.82) is 0 Å². The Hall–Kier alpha value is -2.37. The van der Waals surface area contributed by atoms with Crippen LogP contribution in [-0.4, -0.2) is 44.0 Å². The number of carboxylic acids is 1. The highest BCUT2D eigenvalue weighted by Gasteiger charge is 2.32. The predicted octanol–water partition coefficient (Wildman–Crippen LogP) is 1.65. The van der Waals surface area contributed by atoms with Crippen LogP contribution in [0.2, 0.25) is 0 Å². The first-order valence-corrected chi connectivity index (χ1v) is 7.03. The van der Waals surface area contributed by atoms with Gasteiger partial charge in [0.2, 0.25) is 0 Å². The number of carbonyl (C=O) groups is 2. The largest absolute Gasteiger partial charge is 0.480 e. The number of benzene rings is 1. The average Bonchev–Trinajstić information content (AvgIpc) is 2.87. The quantitative estimate of drug-likeness (QED) is 0.911. The summed E-state index contributed by atoms with van der Waals surface area (Å²) in [6.07, 6.45) is 3.91. The molecule has 1 unspecified atom stereocenters. The molecule has 1 atom stereocenters. The number of hydrogen-bond donors (Lipinski definition) is 1. The van der Waals surface area contributed by atoms with E-state index in [0.717, 1.165) is 23.9 Å². The molecular formula is C15H17N3O3. The molecule has 6 nitrogen and oxygen atoms in total. The SMILES string of the molecule is Cn1cnc2cc(C(=O)N3CCCCC3C(=O)O)ccc21. The van der Waals surface area contributed by atoms with Crippen molar-refractivity contribution < 1.29 is 14.7 Å². The first-order valence-electron chi connectivity index (χ1n) is 7.03. The maximum atomic E-state index is 12.6. The van der Waals surface area contributed by atoms with Gasteiger partial charge in [-0.15, -0.1) is 0 Å². The van der Waals surface area contributed by atoms with E-state index < -0.39 is 12.0 Å². The number of imidazole rings is 1. The van der Waals surface area contributed by atoms with Crippen LogP contribution < -0.4 is 0 Å². The number of aromatic nitrogens is 2. The van der Waals surface area contributed by atoms with Gasteiger partial charge in [0.15, 0.2) is 0 Å². The molecule has 0 bridgehead atoms. The Kier molecular flexibility index (Phi) is 3.37. The van der Waals surface area contributed by atoms with E-state index in [4.69, 9.17) is 0 Å². The third-order valence-corrected chi connectivity index (χ3v) is 4.02. The van der Waals surface area contributed by atoms with E-state index in [2.05, 4.69) is 4.98 Å². The lowest BCUT2D eigenvalue weighted by atomic mass is 10.0. The minimum Gasteiger partial charge on any atom is -0.480 e. The number of amides is 1. The van der Waals surface area contributed by atoms with Gasteiger partial charge < -0.3 is 14.6 Å². The zero-order valence-electron chi connectivity index (χ0n) is 11.8. The summed E-state index contributed by atoms with van der Waals surface area (Å²) in [6, 6.07) is 4.59. The number of carboxylic acid groups (broad SMARTS) is 1. The van der Waals surface area contributed by atoms with Crippen molar-refractivity contribution in [3.8, 4) is 0 Å². The number of nitrogens with zero attached hydrogens (tertiary/aromatic N) is 3. The first kappa shape index (κ1) is 13.6. The maximum Gasteiger partial charge on any atom is 0.326 e. The number of rotatable bonds is 2. The molecule has 1 saturated heterocycles. The van der Waals surface area contributed by atoms with Gasteiger partial charge in [0.1, 0.15) is 6.04 Å². The van der Waals surface area contributed by atoms with Crippen LogP contribution in [0.25, 0.3) is 11.0 Å². The fourth-order valence-corrected chi connectivity index (χ4v) is 2.87. The molecule has 2 heterocycles. The first-order chi connectivity index (χ1) is 10.1. The molecule has 0 aliphatic carbocycles. The van der Waals surface area contributed by atoms with E-state index in [-0.39, 0.29) is 5.91 Å². The van der Waals surface area contributed by atoms with Crippen molar-refractivity contribution in [2.45, 2.75) is 25.3 Å². The molecule has 1 N–H and O–H groups in total. The lowest BCUT2D eigenvalue weighted by Gasteiger charge is -2.33. The molecule has 1 aliphatic rings. The van der Waals surface area contributed by atoms with E-state index in [1.165, 1.54) is 4.90 Å². The van der Waals surface area contributed by atoms with Gasteiger partial charge in [-0.1, -0.05) is 0 Å². The monoisotopic (exact) mass is 287 g/mol. The molecule has 0 spiro atoms. The zero-order valence-corrected chi connectivity index (χ0v) is 11.8. The van der Waals surface area contributed by atoms with Gasteiger partial charge in [-0.3, -0.25) is 4.79 Å². The van der Waals surface area contributed by atoms with Crippen molar-refractivity contribution in [2.75, 3.05) is 6.54 Å². The predicted molar refractivity (Wildman–Crippen MR) is 77.0 cm³/mol. The summed E-state index contributed by atoms with van der Waals surface area (Å²) in [5.74, 6) is -1.16. The number of aliphatic carboxylic acids is 1. The Labute approximate surface area is 122 Å². The summed E-state index contributed by atoms with van der Waals surface area (Å²) in [4.78, 5) is 29.6. The fourth-order valence-electron chi connectivity index (χ4n) is 2.87. The number of piperidine rings is 1. The van der Waals surface area contributed by atoms with Crippen LogP contribution in [0.15, 0.2) is 24.5 Å². The molecular weight excluding hydrogens is 270 g/mol. The van der Waals surface area contributed by atoms with Crippen LogP contribution in [-0.2, 0) is 11.8 Å². The van der Waals surface area contributed by atoms with E-state index in [1.807, 2.05) is 17.7 Å². The standard InChI is InChI=1S/C15H17N3O3/c1-17-9-16-11-8-10(5-6-12(11)17)14(19)18-7-3-2-4-13(18)15(20)21/h5-6,8-9,13H,2-4,7H2,1H3,(H,20,21). The Morgan fingerprint density at radius 3 is 2.90 bits per heavy atom. The third-order valence-electron chi connectivity index (χ3n) is 4.02. The van der Waals surface area contributed by atoms with Crippen LogP contribution in [0.1, 0.15) is 29.6 Å². The summed E-state index contributed by atoms with van der Waals surface area (Å²) >= 11 is 0. The minimum atomic E-state index is -0.929. The Morgan fingerprint density at radius 2 is 2.14 bits per heavy atom. The molecule has 21 heavy (non-hydrogen) atoms. The minimum absolute atomic E-state index is 0.227. The summed E-state index contributed by atoms with van der Waals surface area (Å²) < 4.78 is 1.88. The van der Waals surface area contributed by atoms with Crippen molar-refractivity contribution >= 4 is 22.9 Å². The summed E-state index contributed by atoms with van der Waals surface area (Å²) in [5, 5.41) is 9.27. The second-order valence-electron chi connectivity index (χ2n) is 5.41. The van der Waals surface area contributed by atoms with E-state index in [1.54, 1.807) is 18.5 Å². The van der Waals surface area contributed by atoms with Gasteiger partial charge in [-0.25, -0.2) is 9.78 Å². The molecule has 0 saturated carbocycles. The lowest BCUT2D eigenvalue weighted by molar-refractivity contribution is -0.143. The second-order valence-corrected chi connectivity index (χ2v) is 5.41. The van der Waals surface area contributed by atoms with E-state index in [0.29, 0.717) is 18.5 Å². The van der Waals surface area contributed by atoms with Crippen molar-refractivity contribution in [3.05, 3.63) is 30.1 Å². The molecule has 1 aromatic heterocycles. The van der Waals surface area contributed by atoms with Crippen LogP contribution in [0.5, 0.6) is 0 Å². The van der Waals surface area contributed by atoms with Crippen molar-refractivity contribution in [1.82, 2.24) is 14.5 Å². The highest BCUT2D eigenvalue weighted by Crippen LogP contribution is 2.21.